The fraction of sp³-hybridized carbons (Fsp3) is 0.818. The van der Waals surface area contributed by atoms with Gasteiger partial charge in [0.15, 0.2) is 0 Å². The Morgan fingerprint density at radius 2 is 1.55 bits per heavy atom. The highest BCUT2D eigenvalue weighted by Crippen LogP contribution is 2.70. The lowest BCUT2D eigenvalue weighted by molar-refractivity contribution is -0.00871. The lowest BCUT2D eigenvalue weighted by Gasteiger charge is -2.50. The normalized spacial score (nSPS) is 56.8. The van der Waals surface area contributed by atoms with Crippen LogP contribution in [0.2, 0.25) is 0 Å². The maximum Gasteiger partial charge on any atom is -0.0179 e. The lowest BCUT2D eigenvalue weighted by Crippen LogP contribution is -2.43. The molecular formula is C22H34. The molecule has 122 valence electrons. The monoisotopic (exact) mass is 298 g/mol. The summed E-state index contributed by atoms with van der Waals surface area (Å²) in [6.45, 7) is 13.5. The van der Waals surface area contributed by atoms with Crippen LogP contribution in [0.15, 0.2) is 25.3 Å². The largest absolute Gasteiger partial charge is 0.103 e. The standard InChI is InChI=1S/C22H34/c1-5-15-9-11-22(4)17(13-15)14-18-19-8-7-16(6-2)21(19,3)12-10-20(18)22/h5-6,15-20H,1-2,7-14H2,3-4H3. The maximum atomic E-state index is 4.16. The quantitative estimate of drug-likeness (QED) is 0.529. The smallest absolute Gasteiger partial charge is 0.0179 e. The molecule has 0 aromatic rings. The van der Waals surface area contributed by atoms with Gasteiger partial charge in [0.2, 0.25) is 0 Å². The van der Waals surface area contributed by atoms with Gasteiger partial charge in [-0.2, -0.15) is 0 Å². The molecule has 4 aliphatic carbocycles. The van der Waals surface area contributed by atoms with Gasteiger partial charge in [0.05, 0.1) is 0 Å². The Kier molecular flexibility index (Phi) is 3.41. The summed E-state index contributed by atoms with van der Waals surface area (Å²) in [5, 5.41) is 0. The van der Waals surface area contributed by atoms with Crippen molar-refractivity contribution in [2.45, 2.75) is 65.2 Å². The minimum Gasteiger partial charge on any atom is -0.103 e. The van der Waals surface area contributed by atoms with Crippen LogP contribution in [-0.2, 0) is 0 Å². The minimum atomic E-state index is 0.574. The SMILES string of the molecule is C=CC1CCC2(C)C(C1)CC1C3CCC(C=C)C3(C)CCC12. The molecule has 4 saturated carbocycles. The van der Waals surface area contributed by atoms with Crippen molar-refractivity contribution in [3.8, 4) is 0 Å². The van der Waals surface area contributed by atoms with Crippen molar-refractivity contribution in [3.63, 3.8) is 0 Å². The zero-order chi connectivity index (χ0) is 15.5. The summed E-state index contributed by atoms with van der Waals surface area (Å²) in [5.41, 5.74) is 1.22. The Balaban J connectivity index is 1.62. The van der Waals surface area contributed by atoms with E-state index >= 15 is 0 Å². The Labute approximate surface area is 137 Å². The zero-order valence-corrected chi connectivity index (χ0v) is 14.7. The molecule has 0 heteroatoms. The molecule has 8 atom stereocenters. The van der Waals surface area contributed by atoms with E-state index in [9.17, 15) is 0 Å². The Hall–Kier alpha value is -0.520. The van der Waals surface area contributed by atoms with E-state index in [1.807, 2.05) is 0 Å². The number of hydrogen-bond acceptors (Lipinski definition) is 0. The molecule has 4 fully saturated rings. The van der Waals surface area contributed by atoms with Crippen molar-refractivity contribution in [3.05, 3.63) is 25.3 Å². The lowest BCUT2D eigenvalue weighted by atomic mass is 9.54. The summed E-state index contributed by atoms with van der Waals surface area (Å²) < 4.78 is 0. The van der Waals surface area contributed by atoms with Crippen LogP contribution in [0.5, 0.6) is 0 Å². The van der Waals surface area contributed by atoms with E-state index in [0.29, 0.717) is 10.8 Å². The van der Waals surface area contributed by atoms with Gasteiger partial charge in [-0.25, -0.2) is 0 Å². The first-order valence-corrected chi connectivity index (χ1v) is 9.78. The Morgan fingerprint density at radius 3 is 2.27 bits per heavy atom. The van der Waals surface area contributed by atoms with Gasteiger partial charge in [0.25, 0.3) is 0 Å². The summed E-state index contributed by atoms with van der Waals surface area (Å²) in [6, 6.07) is 0. The molecule has 8 unspecified atom stereocenters. The fourth-order valence-corrected chi connectivity index (χ4v) is 7.71. The minimum absolute atomic E-state index is 0.574. The van der Waals surface area contributed by atoms with Gasteiger partial charge in [-0.15, -0.1) is 13.2 Å². The molecule has 0 aromatic heterocycles. The van der Waals surface area contributed by atoms with Crippen molar-refractivity contribution in [1.29, 1.82) is 0 Å². The molecule has 0 bridgehead atoms. The predicted molar refractivity (Wildman–Crippen MR) is 94.5 cm³/mol. The molecule has 0 nitrogen and oxygen atoms in total. The van der Waals surface area contributed by atoms with Crippen molar-refractivity contribution < 1.29 is 0 Å². The fourth-order valence-electron chi connectivity index (χ4n) is 7.71. The van der Waals surface area contributed by atoms with Crippen LogP contribution in [-0.4, -0.2) is 0 Å². The van der Waals surface area contributed by atoms with E-state index in [2.05, 4.69) is 39.2 Å². The van der Waals surface area contributed by atoms with Gasteiger partial charge in [-0.05, 0) is 97.7 Å². The van der Waals surface area contributed by atoms with Gasteiger partial charge in [-0.1, -0.05) is 26.0 Å². The predicted octanol–water partition coefficient (Wildman–Crippen LogP) is 6.24. The molecule has 0 aromatic carbocycles. The van der Waals surface area contributed by atoms with Crippen LogP contribution < -0.4 is 0 Å². The molecule has 4 aliphatic rings. The summed E-state index contributed by atoms with van der Waals surface area (Å²) in [4.78, 5) is 0. The highest BCUT2D eigenvalue weighted by molar-refractivity contribution is 5.13. The third kappa shape index (κ3) is 1.82. The van der Waals surface area contributed by atoms with E-state index in [1.54, 1.807) is 0 Å². The van der Waals surface area contributed by atoms with Crippen LogP contribution in [0.25, 0.3) is 0 Å². The van der Waals surface area contributed by atoms with Crippen molar-refractivity contribution >= 4 is 0 Å². The van der Waals surface area contributed by atoms with Crippen LogP contribution in [0, 0.1) is 46.3 Å². The average molecular weight is 299 g/mol. The molecule has 4 rings (SSSR count). The first-order chi connectivity index (χ1) is 10.5. The van der Waals surface area contributed by atoms with E-state index in [4.69, 9.17) is 0 Å². The third-order valence-corrected chi connectivity index (χ3v) is 9.11. The summed E-state index contributed by atoms with van der Waals surface area (Å²) >= 11 is 0. The van der Waals surface area contributed by atoms with Crippen molar-refractivity contribution in [1.82, 2.24) is 0 Å². The van der Waals surface area contributed by atoms with Crippen molar-refractivity contribution in [2.75, 3.05) is 0 Å². The molecule has 0 radical (unpaired) electrons. The molecule has 0 N–H and O–H groups in total. The Bertz CT molecular complexity index is 476. The average Bonchev–Trinajstić information content (AvgIpc) is 3.00. The maximum absolute atomic E-state index is 4.16. The molecule has 0 aliphatic heterocycles. The number of allylic oxidation sites excluding steroid dienone is 2. The molecule has 0 spiro atoms. The molecule has 0 heterocycles. The van der Waals surface area contributed by atoms with E-state index in [0.717, 1.165) is 35.5 Å². The first-order valence-electron chi connectivity index (χ1n) is 9.78. The van der Waals surface area contributed by atoms with Crippen LogP contribution in [0.1, 0.15) is 65.2 Å². The summed E-state index contributed by atoms with van der Waals surface area (Å²) in [5.74, 6) is 5.58. The van der Waals surface area contributed by atoms with Gasteiger partial charge in [-0.3, -0.25) is 0 Å². The second-order valence-corrected chi connectivity index (χ2v) is 9.55. The topological polar surface area (TPSA) is 0 Å². The van der Waals surface area contributed by atoms with Crippen LogP contribution >= 0.6 is 0 Å². The summed E-state index contributed by atoms with van der Waals surface area (Å²) in [7, 11) is 0. The van der Waals surface area contributed by atoms with Gasteiger partial charge >= 0.3 is 0 Å². The highest BCUT2D eigenvalue weighted by Gasteiger charge is 2.61. The first kappa shape index (κ1) is 15.0. The third-order valence-electron chi connectivity index (χ3n) is 9.11. The molecule has 0 saturated heterocycles. The van der Waals surface area contributed by atoms with Crippen molar-refractivity contribution in [2.24, 2.45) is 46.3 Å². The van der Waals surface area contributed by atoms with Gasteiger partial charge in [0.1, 0.15) is 0 Å². The Morgan fingerprint density at radius 1 is 0.818 bits per heavy atom. The van der Waals surface area contributed by atoms with E-state index < -0.39 is 0 Å². The van der Waals surface area contributed by atoms with E-state index in [1.165, 1.54) is 51.4 Å². The molecule has 0 amide bonds. The number of rotatable bonds is 2. The van der Waals surface area contributed by atoms with Crippen LogP contribution in [0.3, 0.4) is 0 Å². The van der Waals surface area contributed by atoms with Gasteiger partial charge in [0, 0.05) is 0 Å². The van der Waals surface area contributed by atoms with Crippen LogP contribution in [0.4, 0.5) is 0 Å². The number of fused-ring (bicyclic) bond motifs is 5. The summed E-state index contributed by atoms with van der Waals surface area (Å²) in [6.07, 6.45) is 16.2. The second kappa shape index (κ2) is 4.99. The molecular weight excluding hydrogens is 264 g/mol. The molecule has 22 heavy (non-hydrogen) atoms. The zero-order valence-electron chi connectivity index (χ0n) is 14.7. The van der Waals surface area contributed by atoms with Gasteiger partial charge < -0.3 is 0 Å². The van der Waals surface area contributed by atoms with E-state index in [-0.39, 0.29) is 0 Å². The second-order valence-electron chi connectivity index (χ2n) is 9.55. The highest BCUT2D eigenvalue weighted by atomic mass is 14.7. The number of hydrogen-bond donors (Lipinski definition) is 0.